The van der Waals surface area contributed by atoms with Crippen molar-refractivity contribution in [2.45, 2.75) is 18.7 Å². The largest absolute Gasteiger partial charge is 0.370 e. The average Bonchev–Trinajstić information content (AvgIpc) is 2.64. The highest BCUT2D eigenvalue weighted by atomic mass is 32.2. The maximum Gasteiger partial charge on any atom is 0.241 e. The first kappa shape index (κ1) is 15.9. The molecule has 0 radical (unpaired) electrons. The molecule has 0 aliphatic rings. The van der Waals surface area contributed by atoms with Gasteiger partial charge < -0.3 is 10.6 Å². The number of hydrogen-bond donors (Lipinski definition) is 2. The number of nitrogens with two attached hydrogens (primary N) is 1. The van der Waals surface area contributed by atoms with E-state index in [-0.39, 0.29) is 6.54 Å². The van der Waals surface area contributed by atoms with Crippen molar-refractivity contribution >= 4 is 27.3 Å². The van der Waals surface area contributed by atoms with E-state index < -0.39 is 10.0 Å². The van der Waals surface area contributed by atoms with Gasteiger partial charge in [-0.15, -0.1) is 11.3 Å². The molecular formula is C11H20N4O2S2. The molecule has 0 aromatic carbocycles. The van der Waals surface area contributed by atoms with Crippen molar-refractivity contribution in [2.75, 3.05) is 27.2 Å². The Bertz CT molecular complexity index is 561. The van der Waals surface area contributed by atoms with Crippen molar-refractivity contribution in [1.82, 2.24) is 9.62 Å². The third-order valence-corrected chi connectivity index (χ3v) is 5.10. The van der Waals surface area contributed by atoms with Gasteiger partial charge in [0.15, 0.2) is 5.96 Å². The molecule has 0 aliphatic carbocycles. The molecule has 1 aromatic rings. The quantitative estimate of drug-likeness (QED) is 0.471. The van der Waals surface area contributed by atoms with Gasteiger partial charge in [-0.05, 0) is 19.9 Å². The lowest BCUT2D eigenvalue weighted by Crippen LogP contribution is -2.32. The molecule has 6 nitrogen and oxygen atoms in total. The number of aryl methyl sites for hydroxylation is 2. The third kappa shape index (κ3) is 4.48. The highest BCUT2D eigenvalue weighted by Crippen LogP contribution is 2.24. The van der Waals surface area contributed by atoms with E-state index in [9.17, 15) is 8.42 Å². The van der Waals surface area contributed by atoms with Crippen LogP contribution in [-0.4, -0.2) is 46.5 Å². The first-order valence-electron chi connectivity index (χ1n) is 5.78. The van der Waals surface area contributed by atoms with Crippen LogP contribution < -0.4 is 10.5 Å². The molecule has 19 heavy (non-hydrogen) atoms. The van der Waals surface area contributed by atoms with Gasteiger partial charge in [-0.2, -0.15) is 0 Å². The molecule has 0 fully saturated rings. The number of hydrogen-bond acceptors (Lipinski definition) is 4. The van der Waals surface area contributed by atoms with Crippen molar-refractivity contribution in [3.05, 3.63) is 15.8 Å². The molecule has 1 aromatic heterocycles. The minimum Gasteiger partial charge on any atom is -0.370 e. The van der Waals surface area contributed by atoms with Gasteiger partial charge in [0, 0.05) is 30.4 Å². The average molecular weight is 304 g/mol. The van der Waals surface area contributed by atoms with E-state index in [2.05, 4.69) is 9.71 Å². The second-order valence-corrected chi connectivity index (χ2v) is 7.51. The molecule has 0 bridgehead atoms. The molecule has 0 saturated heterocycles. The van der Waals surface area contributed by atoms with Crippen molar-refractivity contribution < 1.29 is 8.42 Å². The monoisotopic (exact) mass is 304 g/mol. The van der Waals surface area contributed by atoms with Crippen LogP contribution in [0, 0.1) is 13.8 Å². The Balaban J connectivity index is 2.63. The van der Waals surface area contributed by atoms with Gasteiger partial charge in [0.2, 0.25) is 10.0 Å². The number of nitrogens with one attached hydrogen (secondary N) is 1. The first-order chi connectivity index (χ1) is 8.74. The fraction of sp³-hybridized carbons (Fsp3) is 0.545. The number of rotatable bonds is 5. The maximum absolute atomic E-state index is 12.1. The van der Waals surface area contributed by atoms with Crippen LogP contribution in [0.5, 0.6) is 0 Å². The lowest BCUT2D eigenvalue weighted by atomic mass is 10.4. The summed E-state index contributed by atoms with van der Waals surface area (Å²) in [6, 6.07) is 1.68. The van der Waals surface area contributed by atoms with Gasteiger partial charge in [0.05, 0.1) is 11.4 Å². The molecule has 0 unspecified atom stereocenters. The topological polar surface area (TPSA) is 87.8 Å². The molecule has 0 aliphatic heterocycles. The standard InChI is InChI=1S/C11H20N4O2S2/c1-8-7-10(9(2)18-8)19(16,17)14-6-5-13-11(12)15(3)4/h7,14H,5-6H2,1-4H3,(H2,12,13). The van der Waals surface area contributed by atoms with Crippen LogP contribution in [0.2, 0.25) is 0 Å². The van der Waals surface area contributed by atoms with E-state index in [1.165, 1.54) is 11.3 Å². The summed E-state index contributed by atoms with van der Waals surface area (Å²) < 4.78 is 26.6. The summed E-state index contributed by atoms with van der Waals surface area (Å²) in [7, 11) is 0.105. The highest BCUT2D eigenvalue weighted by Gasteiger charge is 2.18. The van der Waals surface area contributed by atoms with E-state index in [0.717, 1.165) is 9.75 Å². The molecule has 1 rings (SSSR count). The van der Waals surface area contributed by atoms with Crippen LogP contribution in [0.25, 0.3) is 0 Å². The van der Waals surface area contributed by atoms with E-state index >= 15 is 0 Å². The maximum atomic E-state index is 12.1. The van der Waals surface area contributed by atoms with E-state index in [4.69, 9.17) is 5.73 Å². The number of sulfonamides is 1. The Labute approximate surface area is 118 Å². The van der Waals surface area contributed by atoms with E-state index in [1.54, 1.807) is 32.0 Å². The molecule has 0 saturated carbocycles. The summed E-state index contributed by atoms with van der Waals surface area (Å²) in [4.78, 5) is 7.83. The Morgan fingerprint density at radius 2 is 2.11 bits per heavy atom. The van der Waals surface area contributed by atoms with Gasteiger partial charge in [-0.1, -0.05) is 0 Å². The minimum absolute atomic E-state index is 0.227. The molecule has 1 heterocycles. The summed E-state index contributed by atoms with van der Waals surface area (Å²) in [5.74, 6) is 0.377. The Hall–Kier alpha value is -1.12. The number of aliphatic imine (C=N–C) groups is 1. The van der Waals surface area contributed by atoms with E-state index in [0.29, 0.717) is 17.4 Å². The van der Waals surface area contributed by atoms with Gasteiger partial charge >= 0.3 is 0 Å². The van der Waals surface area contributed by atoms with Gasteiger partial charge in [0.25, 0.3) is 0 Å². The Morgan fingerprint density at radius 3 is 2.58 bits per heavy atom. The van der Waals surface area contributed by atoms with E-state index in [1.807, 2.05) is 6.92 Å². The van der Waals surface area contributed by atoms with Crippen LogP contribution in [0.15, 0.2) is 16.0 Å². The van der Waals surface area contributed by atoms with Gasteiger partial charge in [-0.25, -0.2) is 13.1 Å². The highest BCUT2D eigenvalue weighted by molar-refractivity contribution is 7.89. The summed E-state index contributed by atoms with van der Waals surface area (Å²) in [5.41, 5.74) is 5.61. The zero-order chi connectivity index (χ0) is 14.6. The smallest absolute Gasteiger partial charge is 0.241 e. The van der Waals surface area contributed by atoms with Crippen LogP contribution in [-0.2, 0) is 10.0 Å². The fourth-order valence-electron chi connectivity index (χ4n) is 1.44. The molecule has 0 atom stereocenters. The predicted octanol–water partition coefficient (Wildman–Crippen LogP) is 0.520. The fourth-order valence-corrected chi connectivity index (χ4v) is 4.02. The molecular weight excluding hydrogens is 284 g/mol. The molecule has 0 amide bonds. The summed E-state index contributed by atoms with van der Waals surface area (Å²) in [6.45, 7) is 4.23. The zero-order valence-electron chi connectivity index (χ0n) is 11.6. The Morgan fingerprint density at radius 1 is 1.47 bits per heavy atom. The van der Waals surface area contributed by atoms with Crippen LogP contribution >= 0.6 is 11.3 Å². The minimum atomic E-state index is -3.45. The van der Waals surface area contributed by atoms with Crippen LogP contribution in [0.1, 0.15) is 9.75 Å². The van der Waals surface area contributed by atoms with Crippen LogP contribution in [0.4, 0.5) is 0 Å². The van der Waals surface area contributed by atoms with Crippen molar-refractivity contribution in [3.63, 3.8) is 0 Å². The van der Waals surface area contributed by atoms with Gasteiger partial charge in [-0.3, -0.25) is 4.99 Å². The second kappa shape index (κ2) is 6.36. The Kier molecular flexibility index (Phi) is 5.33. The summed E-state index contributed by atoms with van der Waals surface area (Å²) in [6.07, 6.45) is 0. The second-order valence-electron chi connectivity index (χ2n) is 4.31. The zero-order valence-corrected chi connectivity index (χ0v) is 13.2. The lowest BCUT2D eigenvalue weighted by molar-refractivity contribution is 0.580. The molecule has 0 spiro atoms. The number of guanidine groups is 1. The SMILES string of the molecule is Cc1cc(S(=O)(=O)NCCN=C(N)N(C)C)c(C)s1. The van der Waals surface area contributed by atoms with Crippen molar-refractivity contribution in [1.29, 1.82) is 0 Å². The number of nitrogens with zero attached hydrogens (tertiary/aromatic N) is 2. The predicted molar refractivity (Wildman–Crippen MR) is 79.2 cm³/mol. The molecule has 108 valence electrons. The van der Waals surface area contributed by atoms with Crippen molar-refractivity contribution in [2.24, 2.45) is 10.7 Å². The summed E-state index contributed by atoms with van der Waals surface area (Å²) in [5, 5.41) is 0. The lowest BCUT2D eigenvalue weighted by Gasteiger charge is -2.10. The van der Waals surface area contributed by atoms with Gasteiger partial charge in [0.1, 0.15) is 0 Å². The first-order valence-corrected chi connectivity index (χ1v) is 8.08. The summed E-state index contributed by atoms with van der Waals surface area (Å²) >= 11 is 1.47. The van der Waals surface area contributed by atoms with Crippen molar-refractivity contribution in [3.8, 4) is 0 Å². The number of thiophene rings is 1. The third-order valence-electron chi connectivity index (χ3n) is 2.42. The molecule has 3 N–H and O–H groups in total. The molecule has 8 heteroatoms. The normalized spacial score (nSPS) is 12.7. The van der Waals surface area contributed by atoms with Crippen LogP contribution in [0.3, 0.4) is 0 Å².